The highest BCUT2D eigenvalue weighted by atomic mass is 32.2. The Labute approximate surface area is 253 Å². The first-order valence-corrected chi connectivity index (χ1v) is 15.0. The summed E-state index contributed by atoms with van der Waals surface area (Å²) in [6.45, 7) is 3.44. The second-order valence-corrected chi connectivity index (χ2v) is 12.9. The molecule has 1 amide bonds. The molecule has 0 saturated carbocycles. The van der Waals surface area contributed by atoms with E-state index in [1.54, 1.807) is 30.2 Å². The number of ether oxygens (including phenoxy) is 4. The lowest BCUT2D eigenvalue weighted by molar-refractivity contribution is -0.138. The summed E-state index contributed by atoms with van der Waals surface area (Å²) < 4.78 is 22.7. The van der Waals surface area contributed by atoms with Gasteiger partial charge < -0.3 is 18.9 Å². The van der Waals surface area contributed by atoms with Crippen LogP contribution in [0.3, 0.4) is 0 Å². The number of thiocarbonyl (C=S) groups is 1. The molecule has 2 aliphatic heterocycles. The van der Waals surface area contributed by atoms with E-state index in [-0.39, 0.29) is 22.3 Å². The van der Waals surface area contributed by atoms with Crippen LogP contribution in [-0.2, 0) is 23.9 Å². The molecule has 5 rings (SSSR count). The number of methoxy groups -OCH3 is 3. The molecule has 0 unspecified atom stereocenters. The molecule has 9 nitrogen and oxygen atoms in total. The Morgan fingerprint density at radius 2 is 1.63 bits per heavy atom. The van der Waals surface area contributed by atoms with Crippen LogP contribution in [0.2, 0.25) is 0 Å². The monoisotopic (exact) mass is 628 g/mol. The van der Waals surface area contributed by atoms with Gasteiger partial charge in [-0.25, -0.2) is 14.6 Å². The van der Waals surface area contributed by atoms with Crippen molar-refractivity contribution in [3.63, 3.8) is 0 Å². The predicted octanol–water partition coefficient (Wildman–Crippen LogP) is 5.59. The van der Waals surface area contributed by atoms with Crippen LogP contribution in [0.4, 0.5) is 5.69 Å². The smallest absolute Gasteiger partial charge is 0.346 e. The average molecular weight is 629 g/mol. The third-order valence-electron chi connectivity index (χ3n) is 6.44. The van der Waals surface area contributed by atoms with Crippen LogP contribution < -0.4 is 14.4 Å². The van der Waals surface area contributed by atoms with Crippen molar-refractivity contribution < 1.29 is 33.3 Å². The number of thioether (sulfide) groups is 2. The fourth-order valence-electron chi connectivity index (χ4n) is 4.47. The third kappa shape index (κ3) is 5.23. The van der Waals surface area contributed by atoms with Gasteiger partial charge in [0, 0.05) is 11.1 Å². The number of fused-ring (bicyclic) bond motifs is 2. The standard InChI is InChI=1S/C28H24N2O7S4/c1-28(2)23(38)20(26-40-21(24(32)35-4)22(41-26)25(33)36-5)15-12-14(34-3)10-11-17(15)30(28)19(31)13-37-27-29-16-8-6-7-9-18(16)39-27/h6-12H,13H2,1-5H3. The zero-order valence-electron chi connectivity index (χ0n) is 22.6. The Morgan fingerprint density at radius 1 is 0.976 bits per heavy atom. The van der Waals surface area contributed by atoms with Crippen molar-refractivity contribution in [2.45, 2.75) is 19.4 Å². The Bertz CT molecular complexity index is 1610. The topological polar surface area (TPSA) is 104 Å². The molecule has 2 aliphatic rings. The molecule has 3 aromatic rings. The molecule has 0 bridgehead atoms. The molecule has 0 saturated heterocycles. The normalized spacial score (nSPS) is 16.1. The van der Waals surface area contributed by atoms with Gasteiger partial charge in [-0.2, -0.15) is 0 Å². The zero-order chi connectivity index (χ0) is 29.5. The number of anilines is 1. The number of thiazole rings is 1. The largest absolute Gasteiger partial charge is 0.497 e. The number of hydrogen-bond donors (Lipinski definition) is 0. The Kier molecular flexibility index (Phi) is 8.15. The molecule has 2 aromatic carbocycles. The van der Waals surface area contributed by atoms with Crippen LogP contribution in [-0.4, -0.2) is 61.2 Å². The highest BCUT2D eigenvalue weighted by molar-refractivity contribution is 8.29. The van der Waals surface area contributed by atoms with Gasteiger partial charge in [-0.1, -0.05) is 59.2 Å². The molecule has 3 heterocycles. The molecule has 0 aliphatic carbocycles. The van der Waals surface area contributed by atoms with Crippen molar-refractivity contribution in [2.24, 2.45) is 0 Å². The summed E-state index contributed by atoms with van der Waals surface area (Å²) in [6.07, 6.45) is 0. The van der Waals surface area contributed by atoms with Crippen molar-refractivity contribution >= 4 is 91.3 Å². The summed E-state index contributed by atoms with van der Waals surface area (Å²) in [4.78, 5) is 45.6. The molecule has 0 fully saturated rings. The molecule has 212 valence electrons. The number of benzene rings is 2. The van der Waals surface area contributed by atoms with E-state index < -0.39 is 17.5 Å². The highest BCUT2D eigenvalue weighted by Gasteiger charge is 2.46. The zero-order valence-corrected chi connectivity index (χ0v) is 25.9. The first-order chi connectivity index (χ1) is 19.6. The van der Waals surface area contributed by atoms with Crippen molar-refractivity contribution in [3.8, 4) is 10.9 Å². The van der Waals surface area contributed by atoms with E-state index >= 15 is 0 Å². The summed E-state index contributed by atoms with van der Waals surface area (Å²) >= 11 is 9.55. The average Bonchev–Trinajstić information content (AvgIpc) is 3.60. The van der Waals surface area contributed by atoms with E-state index in [1.807, 2.05) is 38.1 Å². The third-order valence-corrected chi connectivity index (χ3v) is 10.7. The van der Waals surface area contributed by atoms with Gasteiger partial charge in [0.25, 0.3) is 11.1 Å². The van der Waals surface area contributed by atoms with E-state index in [1.165, 1.54) is 25.6 Å². The lowest BCUT2D eigenvalue weighted by atomic mass is 9.83. The number of hydrogen-bond acceptors (Lipinski definition) is 12. The second kappa shape index (κ2) is 11.5. The number of carbonyl (C=O) groups excluding carboxylic acids is 3. The Morgan fingerprint density at radius 3 is 2.24 bits per heavy atom. The lowest BCUT2D eigenvalue weighted by Gasteiger charge is -2.45. The first-order valence-electron chi connectivity index (χ1n) is 12.2. The SMILES string of the molecule is COC(=O)C1=C(C(=O)OC)SC(=C2C(=S)C(C)(C)N(C(=O)COc3nc4ccccc4s3)c3ccc(OC)cc32)S1. The number of esters is 2. The van der Waals surface area contributed by atoms with E-state index in [0.29, 0.717) is 36.9 Å². The minimum Gasteiger partial charge on any atom is -0.497 e. The maximum atomic E-state index is 13.8. The molecule has 0 N–H and O–H groups in total. The van der Waals surface area contributed by atoms with Crippen molar-refractivity contribution in [2.75, 3.05) is 32.8 Å². The van der Waals surface area contributed by atoms with Crippen LogP contribution in [0.25, 0.3) is 15.8 Å². The molecule has 0 spiro atoms. The predicted molar refractivity (Wildman–Crippen MR) is 165 cm³/mol. The fraction of sp³-hybridized carbons (Fsp3) is 0.250. The van der Waals surface area contributed by atoms with Crippen LogP contribution in [0.5, 0.6) is 10.9 Å². The van der Waals surface area contributed by atoms with Gasteiger partial charge in [-0.15, -0.1) is 0 Å². The number of aromatic nitrogens is 1. The van der Waals surface area contributed by atoms with Gasteiger partial charge in [-0.3, -0.25) is 9.69 Å². The van der Waals surface area contributed by atoms with E-state index in [2.05, 4.69) is 4.98 Å². The fourth-order valence-corrected chi connectivity index (χ4v) is 8.32. The van der Waals surface area contributed by atoms with Crippen molar-refractivity contribution in [3.05, 3.63) is 62.1 Å². The second-order valence-electron chi connectivity index (χ2n) is 9.24. The number of rotatable bonds is 6. The lowest BCUT2D eigenvalue weighted by Crippen LogP contribution is -2.57. The minimum absolute atomic E-state index is 0.111. The van der Waals surface area contributed by atoms with Crippen LogP contribution in [0, 0.1) is 0 Å². The van der Waals surface area contributed by atoms with Gasteiger partial charge in [0.05, 0.1) is 51.9 Å². The van der Waals surface area contributed by atoms with E-state index in [4.69, 9.17) is 31.2 Å². The Balaban J connectivity index is 1.55. The summed E-state index contributed by atoms with van der Waals surface area (Å²) in [5.74, 6) is -1.09. The van der Waals surface area contributed by atoms with Gasteiger partial charge in [-0.05, 0) is 44.2 Å². The minimum atomic E-state index is -0.978. The van der Waals surface area contributed by atoms with Crippen LogP contribution >= 0.6 is 47.1 Å². The maximum Gasteiger partial charge on any atom is 0.346 e. The number of amides is 1. The summed E-state index contributed by atoms with van der Waals surface area (Å²) in [7, 11) is 4.03. The molecule has 41 heavy (non-hydrogen) atoms. The van der Waals surface area contributed by atoms with Gasteiger partial charge >= 0.3 is 11.9 Å². The highest BCUT2D eigenvalue weighted by Crippen LogP contribution is 2.56. The summed E-state index contributed by atoms with van der Waals surface area (Å²) in [5, 5.41) is 0.394. The number of para-hydroxylation sites is 1. The summed E-state index contributed by atoms with van der Waals surface area (Å²) in [5.41, 5.74) is 1.63. The molecule has 13 heteroatoms. The van der Waals surface area contributed by atoms with E-state index in [9.17, 15) is 14.4 Å². The molecular formula is C28H24N2O7S4. The summed E-state index contributed by atoms with van der Waals surface area (Å²) in [6, 6.07) is 13.0. The van der Waals surface area contributed by atoms with E-state index in [0.717, 1.165) is 33.7 Å². The molecule has 0 radical (unpaired) electrons. The van der Waals surface area contributed by atoms with Crippen molar-refractivity contribution in [1.82, 2.24) is 4.98 Å². The first kappa shape index (κ1) is 29.1. The number of nitrogens with zero attached hydrogens (tertiary/aromatic N) is 2. The molecule has 1 aromatic heterocycles. The van der Waals surface area contributed by atoms with Gasteiger partial charge in [0.1, 0.15) is 15.6 Å². The Hall–Kier alpha value is -3.39. The van der Waals surface area contributed by atoms with Crippen LogP contribution in [0.15, 0.2) is 56.5 Å². The quantitative estimate of drug-likeness (QED) is 0.194. The van der Waals surface area contributed by atoms with Crippen LogP contribution in [0.1, 0.15) is 19.4 Å². The maximum absolute atomic E-state index is 13.8. The number of carbonyl (C=O) groups is 3. The van der Waals surface area contributed by atoms with Gasteiger partial charge in [0.15, 0.2) is 6.61 Å². The molecule has 0 atom stereocenters. The van der Waals surface area contributed by atoms with Gasteiger partial charge in [0.2, 0.25) is 0 Å². The molecular weight excluding hydrogens is 605 g/mol. The van der Waals surface area contributed by atoms with Crippen molar-refractivity contribution in [1.29, 1.82) is 0 Å².